The van der Waals surface area contributed by atoms with Gasteiger partial charge in [-0.1, -0.05) is 49.7 Å². The Balaban J connectivity index is 2.50. The first-order chi connectivity index (χ1) is 8.13. The van der Waals surface area contributed by atoms with Gasteiger partial charge in [0.2, 0.25) is 0 Å². The third kappa shape index (κ3) is 2.54. The molecule has 0 saturated carbocycles. The van der Waals surface area contributed by atoms with Crippen LogP contribution in [0, 0.1) is 0 Å². The lowest BCUT2D eigenvalue weighted by atomic mass is 10.1. The van der Waals surface area contributed by atoms with Gasteiger partial charge in [-0.2, -0.15) is 0 Å². The van der Waals surface area contributed by atoms with Crippen molar-refractivity contribution in [3.63, 3.8) is 0 Å². The largest absolute Gasteiger partial charge is 0.326 e. The van der Waals surface area contributed by atoms with E-state index in [2.05, 4.69) is 32.0 Å². The van der Waals surface area contributed by atoms with Gasteiger partial charge in [-0.3, -0.25) is 0 Å². The van der Waals surface area contributed by atoms with Gasteiger partial charge in [-0.25, -0.2) is 0 Å². The summed E-state index contributed by atoms with van der Waals surface area (Å²) in [5.74, 6) is 0.464. The van der Waals surface area contributed by atoms with Crippen molar-refractivity contribution in [3.8, 4) is 10.4 Å². The number of halogens is 1. The first-order valence-electron chi connectivity index (χ1n) is 5.71. The summed E-state index contributed by atoms with van der Waals surface area (Å²) < 4.78 is 0. The Hall–Kier alpha value is -0.830. The summed E-state index contributed by atoms with van der Waals surface area (Å²) in [7, 11) is 0. The van der Waals surface area contributed by atoms with Crippen molar-refractivity contribution >= 4 is 22.9 Å². The molecule has 0 radical (unpaired) electrons. The molecule has 2 rings (SSSR count). The summed E-state index contributed by atoms with van der Waals surface area (Å²) in [6, 6.07) is 10.3. The van der Waals surface area contributed by atoms with Crippen molar-refractivity contribution in [1.29, 1.82) is 0 Å². The third-order valence-electron chi connectivity index (χ3n) is 2.74. The van der Waals surface area contributed by atoms with Crippen LogP contribution in [0.1, 0.15) is 30.2 Å². The van der Waals surface area contributed by atoms with Crippen LogP contribution in [0.4, 0.5) is 0 Å². The number of benzene rings is 1. The normalized spacial score (nSPS) is 11.1. The highest BCUT2D eigenvalue weighted by Gasteiger charge is 2.13. The first-order valence-corrected chi connectivity index (χ1v) is 6.90. The van der Waals surface area contributed by atoms with Crippen LogP contribution in [0.25, 0.3) is 10.4 Å². The molecule has 0 atom stereocenters. The smallest absolute Gasteiger partial charge is 0.0554 e. The molecule has 0 bridgehead atoms. The SMILES string of the molecule is CC(C)c1sc(-c2ccccc2CN)cc1Cl. The Kier molecular flexibility index (Phi) is 3.87. The second kappa shape index (κ2) is 5.21. The van der Waals surface area contributed by atoms with Crippen LogP contribution in [-0.4, -0.2) is 0 Å². The Bertz CT molecular complexity index is 517. The van der Waals surface area contributed by atoms with Crippen LogP contribution < -0.4 is 5.73 Å². The Morgan fingerprint density at radius 1 is 1.29 bits per heavy atom. The molecular formula is C14H16ClNS. The molecule has 3 heteroatoms. The number of nitrogens with two attached hydrogens (primary N) is 1. The van der Waals surface area contributed by atoms with Crippen molar-refractivity contribution in [2.24, 2.45) is 5.73 Å². The van der Waals surface area contributed by atoms with E-state index in [0.29, 0.717) is 12.5 Å². The number of hydrogen-bond acceptors (Lipinski definition) is 2. The molecule has 0 unspecified atom stereocenters. The van der Waals surface area contributed by atoms with E-state index >= 15 is 0 Å². The molecule has 0 aliphatic heterocycles. The fourth-order valence-corrected chi connectivity index (χ4v) is 3.47. The minimum atomic E-state index is 0.464. The lowest BCUT2D eigenvalue weighted by molar-refractivity contribution is 0.890. The minimum Gasteiger partial charge on any atom is -0.326 e. The van der Waals surface area contributed by atoms with Crippen LogP contribution in [0.5, 0.6) is 0 Å². The van der Waals surface area contributed by atoms with E-state index in [1.165, 1.54) is 20.9 Å². The maximum Gasteiger partial charge on any atom is 0.0554 e. The summed E-state index contributed by atoms with van der Waals surface area (Å²) in [6.45, 7) is 4.88. The molecule has 17 heavy (non-hydrogen) atoms. The van der Waals surface area contributed by atoms with Gasteiger partial charge in [-0.05, 0) is 23.1 Å². The van der Waals surface area contributed by atoms with Gasteiger partial charge < -0.3 is 5.73 Å². The fraction of sp³-hybridized carbons (Fsp3) is 0.286. The zero-order valence-electron chi connectivity index (χ0n) is 10.0. The van der Waals surface area contributed by atoms with Crippen LogP contribution in [0.3, 0.4) is 0 Å². The Morgan fingerprint density at radius 2 is 2.00 bits per heavy atom. The van der Waals surface area contributed by atoms with Gasteiger partial charge in [0.15, 0.2) is 0 Å². The zero-order chi connectivity index (χ0) is 12.4. The first kappa shape index (κ1) is 12.6. The van der Waals surface area contributed by atoms with E-state index in [9.17, 15) is 0 Å². The molecule has 1 aromatic heterocycles. The Labute approximate surface area is 111 Å². The maximum atomic E-state index is 6.26. The van der Waals surface area contributed by atoms with Gasteiger partial charge in [0.25, 0.3) is 0 Å². The monoisotopic (exact) mass is 265 g/mol. The Morgan fingerprint density at radius 3 is 2.59 bits per heavy atom. The molecule has 0 spiro atoms. The number of rotatable bonds is 3. The predicted octanol–water partition coefficient (Wildman–Crippen LogP) is 4.65. The van der Waals surface area contributed by atoms with E-state index in [0.717, 1.165) is 5.02 Å². The molecular weight excluding hydrogens is 250 g/mol. The number of thiophene rings is 1. The van der Waals surface area contributed by atoms with Gasteiger partial charge in [-0.15, -0.1) is 11.3 Å². The predicted molar refractivity (Wildman–Crippen MR) is 76.7 cm³/mol. The van der Waals surface area contributed by atoms with Crippen molar-refractivity contribution < 1.29 is 0 Å². The summed E-state index contributed by atoms with van der Waals surface area (Å²) >= 11 is 8.03. The molecule has 0 saturated heterocycles. The summed E-state index contributed by atoms with van der Waals surface area (Å²) in [4.78, 5) is 2.45. The highest BCUT2D eigenvalue weighted by Crippen LogP contribution is 2.39. The zero-order valence-corrected chi connectivity index (χ0v) is 11.6. The highest BCUT2D eigenvalue weighted by atomic mass is 35.5. The van der Waals surface area contributed by atoms with E-state index in [4.69, 9.17) is 17.3 Å². The molecule has 1 aromatic carbocycles. The van der Waals surface area contributed by atoms with Crippen LogP contribution in [0.15, 0.2) is 30.3 Å². The van der Waals surface area contributed by atoms with Crippen LogP contribution in [0.2, 0.25) is 5.02 Å². The van der Waals surface area contributed by atoms with Crippen molar-refractivity contribution in [2.75, 3.05) is 0 Å². The summed E-state index contributed by atoms with van der Waals surface area (Å²) in [5.41, 5.74) is 8.13. The van der Waals surface area contributed by atoms with E-state index in [1.54, 1.807) is 11.3 Å². The molecule has 0 fully saturated rings. The van der Waals surface area contributed by atoms with Crippen LogP contribution in [-0.2, 0) is 6.54 Å². The van der Waals surface area contributed by atoms with Crippen molar-refractivity contribution in [1.82, 2.24) is 0 Å². The molecule has 0 aliphatic carbocycles. The lowest BCUT2D eigenvalue weighted by Crippen LogP contribution is -1.97. The third-order valence-corrected chi connectivity index (χ3v) is 4.63. The van der Waals surface area contributed by atoms with Crippen LogP contribution >= 0.6 is 22.9 Å². The molecule has 1 heterocycles. The second-order valence-corrected chi connectivity index (χ2v) is 5.83. The molecule has 2 aromatic rings. The summed E-state index contributed by atoms with van der Waals surface area (Å²) in [6.07, 6.45) is 0. The highest BCUT2D eigenvalue weighted by molar-refractivity contribution is 7.16. The van der Waals surface area contributed by atoms with Gasteiger partial charge in [0, 0.05) is 16.3 Å². The molecule has 2 N–H and O–H groups in total. The van der Waals surface area contributed by atoms with E-state index in [-0.39, 0.29) is 0 Å². The lowest BCUT2D eigenvalue weighted by Gasteiger charge is -2.04. The quantitative estimate of drug-likeness (QED) is 0.859. The second-order valence-electron chi connectivity index (χ2n) is 4.34. The molecule has 1 nitrogen and oxygen atoms in total. The topological polar surface area (TPSA) is 26.0 Å². The summed E-state index contributed by atoms with van der Waals surface area (Å²) in [5, 5.41) is 0.867. The molecule has 0 amide bonds. The van der Waals surface area contributed by atoms with E-state index < -0.39 is 0 Å². The van der Waals surface area contributed by atoms with Crippen molar-refractivity contribution in [2.45, 2.75) is 26.3 Å². The maximum absolute atomic E-state index is 6.26. The van der Waals surface area contributed by atoms with Gasteiger partial charge in [0.1, 0.15) is 0 Å². The van der Waals surface area contributed by atoms with E-state index in [1.807, 2.05) is 12.1 Å². The average molecular weight is 266 g/mol. The molecule has 90 valence electrons. The standard InChI is InChI=1S/C14H16ClNS/c1-9(2)14-12(15)7-13(17-14)11-6-4-3-5-10(11)8-16/h3-7,9H,8,16H2,1-2H3. The number of hydrogen-bond donors (Lipinski definition) is 1. The van der Waals surface area contributed by atoms with Gasteiger partial charge in [0.05, 0.1) is 5.02 Å². The fourth-order valence-electron chi connectivity index (χ4n) is 1.85. The average Bonchev–Trinajstić information content (AvgIpc) is 2.71. The molecule has 0 aliphatic rings. The van der Waals surface area contributed by atoms with Gasteiger partial charge >= 0.3 is 0 Å². The van der Waals surface area contributed by atoms with Crippen molar-refractivity contribution in [3.05, 3.63) is 45.8 Å². The minimum absolute atomic E-state index is 0.464.